The molecule has 0 bridgehead atoms. The van der Waals surface area contributed by atoms with Crippen LogP contribution in [0, 0.1) is 6.92 Å². The summed E-state index contributed by atoms with van der Waals surface area (Å²) in [7, 11) is 1.65. The molecule has 0 saturated heterocycles. The number of benzene rings is 3. The molecular weight excluding hydrogens is 460 g/mol. The normalized spacial score (nSPS) is 10.9. The molecule has 5 rings (SSSR count). The molecule has 0 N–H and O–H groups in total. The number of aryl methyl sites for hydroxylation is 1. The molecule has 0 saturated carbocycles. The Bertz CT molecular complexity index is 1410. The Balaban J connectivity index is 1.46. The molecule has 3 aromatic carbocycles. The van der Waals surface area contributed by atoms with Gasteiger partial charge < -0.3 is 14.0 Å². The van der Waals surface area contributed by atoms with Crippen LogP contribution in [0.5, 0.6) is 11.5 Å². The van der Waals surface area contributed by atoms with E-state index in [2.05, 4.69) is 33.6 Å². The Morgan fingerprint density at radius 1 is 0.886 bits per heavy atom. The van der Waals surface area contributed by atoms with Crippen LogP contribution in [0.25, 0.3) is 16.8 Å². The van der Waals surface area contributed by atoms with Gasteiger partial charge in [0.05, 0.1) is 24.2 Å². The molecule has 0 aliphatic heterocycles. The summed E-state index contributed by atoms with van der Waals surface area (Å²) in [6, 6.07) is 27.9. The maximum atomic E-state index is 6.29. The standard InChI is InChI=1S/C27H24N4O3S/c1-19-16-21(34-30-19)18-35-27-29-28-26(31(27)23-13-7-9-15-25(23)32-2)17-33-24-14-8-6-12-22(24)20-10-4-3-5-11-20/h3-16H,17-18H2,1-2H3. The first-order valence-electron chi connectivity index (χ1n) is 11.1. The topological polar surface area (TPSA) is 75.2 Å². The van der Waals surface area contributed by atoms with Gasteiger partial charge >= 0.3 is 0 Å². The predicted octanol–water partition coefficient (Wildman–Crippen LogP) is 6.11. The lowest BCUT2D eigenvalue weighted by molar-refractivity contribution is 0.293. The van der Waals surface area contributed by atoms with Gasteiger partial charge in [-0.3, -0.25) is 4.57 Å². The van der Waals surface area contributed by atoms with E-state index in [0.717, 1.165) is 39.8 Å². The second-order valence-electron chi connectivity index (χ2n) is 7.78. The van der Waals surface area contributed by atoms with E-state index >= 15 is 0 Å². The highest BCUT2D eigenvalue weighted by Gasteiger charge is 2.19. The Hall–Kier alpha value is -4.04. The summed E-state index contributed by atoms with van der Waals surface area (Å²) in [4.78, 5) is 0. The van der Waals surface area contributed by atoms with Gasteiger partial charge in [0.1, 0.15) is 23.9 Å². The summed E-state index contributed by atoms with van der Waals surface area (Å²) >= 11 is 1.51. The van der Waals surface area contributed by atoms with Crippen LogP contribution in [0.4, 0.5) is 0 Å². The number of rotatable bonds is 9. The van der Waals surface area contributed by atoms with E-state index in [-0.39, 0.29) is 6.61 Å². The number of ether oxygens (including phenoxy) is 2. The van der Waals surface area contributed by atoms with Crippen molar-refractivity contribution >= 4 is 11.8 Å². The number of nitrogens with zero attached hydrogens (tertiary/aromatic N) is 4. The summed E-state index contributed by atoms with van der Waals surface area (Å²) in [5.74, 6) is 3.51. The van der Waals surface area contributed by atoms with Crippen molar-refractivity contribution in [2.75, 3.05) is 7.11 Å². The number of hydrogen-bond acceptors (Lipinski definition) is 7. The molecule has 0 aliphatic rings. The second-order valence-corrected chi connectivity index (χ2v) is 8.72. The van der Waals surface area contributed by atoms with Crippen molar-refractivity contribution in [1.29, 1.82) is 0 Å². The molecule has 0 spiro atoms. The maximum absolute atomic E-state index is 6.29. The minimum absolute atomic E-state index is 0.233. The van der Waals surface area contributed by atoms with Crippen LogP contribution in [0.1, 0.15) is 17.3 Å². The van der Waals surface area contributed by atoms with E-state index in [1.54, 1.807) is 7.11 Å². The molecule has 2 heterocycles. The molecule has 0 unspecified atom stereocenters. The van der Waals surface area contributed by atoms with Gasteiger partial charge in [0.15, 0.2) is 11.0 Å². The van der Waals surface area contributed by atoms with Crippen LogP contribution in [0.2, 0.25) is 0 Å². The number of methoxy groups -OCH3 is 1. The van der Waals surface area contributed by atoms with E-state index in [1.807, 2.05) is 78.2 Å². The number of aromatic nitrogens is 4. The highest BCUT2D eigenvalue weighted by molar-refractivity contribution is 7.98. The largest absolute Gasteiger partial charge is 0.495 e. The second kappa shape index (κ2) is 10.5. The lowest BCUT2D eigenvalue weighted by Gasteiger charge is -2.15. The zero-order chi connectivity index (χ0) is 24.0. The van der Waals surface area contributed by atoms with Gasteiger partial charge in [-0.15, -0.1) is 10.2 Å². The minimum Gasteiger partial charge on any atom is -0.495 e. The van der Waals surface area contributed by atoms with Gasteiger partial charge in [-0.05, 0) is 30.7 Å². The quantitative estimate of drug-likeness (QED) is 0.234. The highest BCUT2D eigenvalue weighted by atomic mass is 32.2. The average Bonchev–Trinajstić information content (AvgIpc) is 3.52. The van der Waals surface area contributed by atoms with Crippen molar-refractivity contribution in [1.82, 2.24) is 19.9 Å². The van der Waals surface area contributed by atoms with E-state index in [9.17, 15) is 0 Å². The molecule has 2 aromatic heterocycles. The van der Waals surface area contributed by atoms with Crippen molar-refractivity contribution < 1.29 is 14.0 Å². The Labute approximate surface area is 207 Å². The Morgan fingerprint density at radius 2 is 1.63 bits per heavy atom. The lowest BCUT2D eigenvalue weighted by Crippen LogP contribution is -2.08. The first-order valence-corrected chi connectivity index (χ1v) is 12.1. The van der Waals surface area contributed by atoms with Gasteiger partial charge in [-0.25, -0.2) is 0 Å². The van der Waals surface area contributed by atoms with Gasteiger partial charge in [-0.1, -0.05) is 77.6 Å². The molecule has 0 radical (unpaired) electrons. The third-order valence-corrected chi connectivity index (χ3v) is 6.33. The molecule has 7 nitrogen and oxygen atoms in total. The molecule has 8 heteroatoms. The van der Waals surface area contributed by atoms with Crippen molar-refractivity contribution in [3.05, 3.63) is 102 Å². The smallest absolute Gasteiger partial charge is 0.196 e. The highest BCUT2D eigenvalue weighted by Crippen LogP contribution is 2.33. The predicted molar refractivity (Wildman–Crippen MR) is 135 cm³/mol. The fraction of sp³-hybridized carbons (Fsp3) is 0.148. The summed E-state index contributed by atoms with van der Waals surface area (Å²) < 4.78 is 19.3. The van der Waals surface area contributed by atoms with Crippen molar-refractivity contribution in [3.63, 3.8) is 0 Å². The SMILES string of the molecule is COc1ccccc1-n1c(COc2ccccc2-c2ccccc2)nnc1SCc1cc(C)no1. The zero-order valence-electron chi connectivity index (χ0n) is 19.4. The van der Waals surface area contributed by atoms with Gasteiger partial charge in [0, 0.05) is 11.6 Å². The summed E-state index contributed by atoms with van der Waals surface area (Å²) in [6.45, 7) is 2.13. The molecule has 0 amide bonds. The monoisotopic (exact) mass is 484 g/mol. The number of hydrogen-bond donors (Lipinski definition) is 0. The van der Waals surface area contributed by atoms with Crippen LogP contribution in [-0.4, -0.2) is 27.0 Å². The molecule has 0 aliphatic carbocycles. The molecule has 35 heavy (non-hydrogen) atoms. The molecule has 0 atom stereocenters. The van der Waals surface area contributed by atoms with E-state index < -0.39 is 0 Å². The van der Waals surface area contributed by atoms with Crippen LogP contribution >= 0.6 is 11.8 Å². The van der Waals surface area contributed by atoms with E-state index in [1.165, 1.54) is 11.8 Å². The molecule has 0 fully saturated rings. The molecular formula is C27H24N4O3S. The van der Waals surface area contributed by atoms with Crippen molar-refractivity contribution in [2.45, 2.75) is 24.4 Å². The Morgan fingerprint density at radius 3 is 2.40 bits per heavy atom. The van der Waals surface area contributed by atoms with E-state index in [0.29, 0.717) is 16.7 Å². The molecule has 5 aromatic rings. The number of para-hydroxylation sites is 3. The summed E-state index contributed by atoms with van der Waals surface area (Å²) in [5, 5.41) is 13.6. The van der Waals surface area contributed by atoms with Crippen LogP contribution in [0.3, 0.4) is 0 Å². The fourth-order valence-corrected chi connectivity index (χ4v) is 4.59. The minimum atomic E-state index is 0.233. The van der Waals surface area contributed by atoms with Crippen LogP contribution in [0.15, 0.2) is 94.6 Å². The average molecular weight is 485 g/mol. The summed E-state index contributed by atoms with van der Waals surface area (Å²) in [6.07, 6.45) is 0. The van der Waals surface area contributed by atoms with Crippen LogP contribution in [-0.2, 0) is 12.4 Å². The molecule has 176 valence electrons. The lowest BCUT2D eigenvalue weighted by atomic mass is 10.1. The van der Waals surface area contributed by atoms with Crippen molar-refractivity contribution in [2.24, 2.45) is 0 Å². The summed E-state index contributed by atoms with van der Waals surface area (Å²) in [5.41, 5.74) is 3.80. The van der Waals surface area contributed by atoms with Gasteiger partial charge in [-0.2, -0.15) is 0 Å². The first kappa shape index (κ1) is 22.7. The first-order chi connectivity index (χ1) is 17.2. The third-order valence-electron chi connectivity index (χ3n) is 5.38. The van der Waals surface area contributed by atoms with Gasteiger partial charge in [0.25, 0.3) is 0 Å². The fourth-order valence-electron chi connectivity index (χ4n) is 3.75. The van der Waals surface area contributed by atoms with Crippen LogP contribution < -0.4 is 9.47 Å². The maximum Gasteiger partial charge on any atom is 0.196 e. The zero-order valence-corrected chi connectivity index (χ0v) is 20.2. The number of thioether (sulfide) groups is 1. The van der Waals surface area contributed by atoms with Crippen molar-refractivity contribution in [3.8, 4) is 28.3 Å². The van der Waals surface area contributed by atoms with E-state index in [4.69, 9.17) is 14.0 Å². The third kappa shape index (κ3) is 5.07. The Kier molecular flexibility index (Phi) is 6.81. The van der Waals surface area contributed by atoms with Gasteiger partial charge in [0.2, 0.25) is 0 Å².